The lowest BCUT2D eigenvalue weighted by atomic mass is 9.91. The van der Waals surface area contributed by atoms with Crippen molar-refractivity contribution in [2.75, 3.05) is 13.1 Å². The van der Waals surface area contributed by atoms with Gasteiger partial charge in [0.25, 0.3) is 0 Å². The molecule has 7 rings (SSSR count). The first-order chi connectivity index (χ1) is 14.1. The predicted molar refractivity (Wildman–Crippen MR) is 109 cm³/mol. The number of amides is 2. The number of benzene rings is 1. The van der Waals surface area contributed by atoms with Gasteiger partial charge >= 0.3 is 0 Å². The highest BCUT2D eigenvalue weighted by Crippen LogP contribution is 2.62. The van der Waals surface area contributed by atoms with Gasteiger partial charge in [-0.1, -0.05) is 29.8 Å². The summed E-state index contributed by atoms with van der Waals surface area (Å²) in [6.07, 6.45) is 5.42. The maximum atomic E-state index is 13.7. The molecule has 4 nitrogen and oxygen atoms in total. The van der Waals surface area contributed by atoms with E-state index in [0.717, 1.165) is 54.2 Å². The van der Waals surface area contributed by atoms with E-state index >= 15 is 0 Å². The first-order valence-corrected chi connectivity index (χ1v) is 11.7. The standard InChI is InChI=1S/C25H30N2O2/c1-13-2-4-14(5-3-13)19(25(29)27-12-16-7-23(27)21-9-18(16)21)10-24(28)26-11-15-6-22(26)20-8-17(15)20/h2-5,15-23H,6-12H2,1H3/t15-,16-,17-,18-,19?,20-,21-,22-,23-/m0/s1. The van der Waals surface area contributed by atoms with Crippen LogP contribution in [0.2, 0.25) is 0 Å². The average molecular weight is 391 g/mol. The minimum absolute atomic E-state index is 0.216. The molecule has 2 saturated heterocycles. The molecule has 1 aromatic carbocycles. The highest BCUT2D eigenvalue weighted by Gasteiger charge is 2.63. The third kappa shape index (κ3) is 2.38. The maximum Gasteiger partial charge on any atom is 0.230 e. The molecular weight excluding hydrogens is 360 g/mol. The molecule has 4 saturated carbocycles. The van der Waals surface area contributed by atoms with E-state index in [0.29, 0.717) is 18.5 Å². The number of hydrogen-bond acceptors (Lipinski definition) is 2. The van der Waals surface area contributed by atoms with Gasteiger partial charge in [0.15, 0.2) is 0 Å². The average Bonchev–Trinajstić information content (AvgIpc) is 3.56. The quantitative estimate of drug-likeness (QED) is 0.792. The van der Waals surface area contributed by atoms with Crippen LogP contribution in [0.5, 0.6) is 0 Å². The van der Waals surface area contributed by atoms with E-state index in [-0.39, 0.29) is 17.7 Å². The lowest BCUT2D eigenvalue weighted by Crippen LogP contribution is -2.44. The fraction of sp³-hybridized carbons (Fsp3) is 0.680. The Labute approximate surface area is 172 Å². The molecule has 2 aliphatic heterocycles. The van der Waals surface area contributed by atoms with Gasteiger partial charge in [-0.2, -0.15) is 0 Å². The zero-order valence-corrected chi connectivity index (χ0v) is 17.2. The van der Waals surface area contributed by atoms with Gasteiger partial charge in [-0.15, -0.1) is 0 Å². The first kappa shape index (κ1) is 16.9. The van der Waals surface area contributed by atoms with Crippen molar-refractivity contribution in [1.29, 1.82) is 0 Å². The topological polar surface area (TPSA) is 40.6 Å². The number of rotatable bonds is 4. The van der Waals surface area contributed by atoms with Gasteiger partial charge in [-0.3, -0.25) is 9.59 Å². The van der Waals surface area contributed by atoms with Crippen molar-refractivity contribution in [1.82, 2.24) is 9.80 Å². The second-order valence-electron chi connectivity index (χ2n) is 11.0. The van der Waals surface area contributed by atoms with Gasteiger partial charge in [-0.25, -0.2) is 0 Å². The van der Waals surface area contributed by atoms with Crippen LogP contribution >= 0.6 is 0 Å². The van der Waals surface area contributed by atoms with E-state index < -0.39 is 0 Å². The Bertz CT molecular complexity index is 895. The molecule has 0 aromatic heterocycles. The number of aryl methyl sites for hydroxylation is 1. The van der Waals surface area contributed by atoms with Crippen molar-refractivity contribution in [2.24, 2.45) is 35.5 Å². The van der Waals surface area contributed by atoms with Crippen LogP contribution in [-0.4, -0.2) is 46.8 Å². The fourth-order valence-electron chi connectivity index (χ4n) is 7.85. The van der Waals surface area contributed by atoms with Crippen molar-refractivity contribution in [3.8, 4) is 0 Å². The van der Waals surface area contributed by atoms with Crippen LogP contribution < -0.4 is 0 Å². The molecule has 29 heavy (non-hydrogen) atoms. The number of carbonyl (C=O) groups excluding carboxylic acids is 2. The van der Waals surface area contributed by atoms with Crippen LogP contribution in [0.25, 0.3) is 0 Å². The highest BCUT2D eigenvalue weighted by atomic mass is 16.2. The summed E-state index contributed by atoms with van der Waals surface area (Å²) in [5, 5.41) is 0. The minimum atomic E-state index is -0.311. The zero-order valence-electron chi connectivity index (χ0n) is 17.2. The Hall–Kier alpha value is -1.84. The molecule has 152 valence electrons. The summed E-state index contributed by atoms with van der Waals surface area (Å²) in [7, 11) is 0. The maximum absolute atomic E-state index is 13.7. The molecule has 1 unspecified atom stereocenters. The van der Waals surface area contributed by atoms with Crippen LogP contribution in [0, 0.1) is 42.4 Å². The largest absolute Gasteiger partial charge is 0.339 e. The fourth-order valence-corrected chi connectivity index (χ4v) is 7.85. The number of fused-ring (bicyclic) bond motifs is 10. The van der Waals surface area contributed by atoms with Crippen molar-refractivity contribution >= 4 is 11.8 Å². The summed E-state index contributed by atoms with van der Waals surface area (Å²) < 4.78 is 0. The number of piperidine rings is 2. The lowest BCUT2D eigenvalue weighted by Gasteiger charge is -2.33. The molecule has 0 radical (unpaired) electrons. The van der Waals surface area contributed by atoms with Crippen molar-refractivity contribution in [3.63, 3.8) is 0 Å². The monoisotopic (exact) mass is 390 g/mol. The summed E-state index contributed by atoms with van der Waals surface area (Å²) in [5.41, 5.74) is 2.22. The summed E-state index contributed by atoms with van der Waals surface area (Å²) in [6, 6.07) is 9.25. The van der Waals surface area contributed by atoms with Gasteiger partial charge in [0, 0.05) is 31.6 Å². The Morgan fingerprint density at radius 1 is 0.862 bits per heavy atom. The predicted octanol–water partition coefficient (Wildman–Crippen LogP) is 3.20. The summed E-state index contributed by atoms with van der Waals surface area (Å²) in [5.74, 6) is 4.92. The third-order valence-electron chi connectivity index (χ3n) is 9.49. The number of hydrogen-bond donors (Lipinski definition) is 0. The van der Waals surface area contributed by atoms with E-state index in [1.807, 2.05) is 0 Å². The molecule has 2 heterocycles. The summed E-state index contributed by atoms with van der Waals surface area (Å²) in [4.78, 5) is 31.4. The van der Waals surface area contributed by atoms with Gasteiger partial charge in [-0.05, 0) is 73.7 Å². The van der Waals surface area contributed by atoms with Crippen LogP contribution in [-0.2, 0) is 9.59 Å². The van der Waals surface area contributed by atoms with Crippen LogP contribution in [0.3, 0.4) is 0 Å². The molecule has 0 spiro atoms. The smallest absolute Gasteiger partial charge is 0.230 e. The van der Waals surface area contributed by atoms with Crippen molar-refractivity contribution < 1.29 is 9.59 Å². The SMILES string of the molecule is Cc1ccc(C(CC(=O)N2C[C@@H]3C[C@H]2[C@H]2C[C@@H]32)C(=O)N2C[C@@H]3C[C@H]2[C@H]2C[C@@H]32)cc1. The normalized spacial score (nSPS) is 43.3. The van der Waals surface area contributed by atoms with Crippen LogP contribution in [0.4, 0.5) is 0 Å². The van der Waals surface area contributed by atoms with Gasteiger partial charge < -0.3 is 9.80 Å². The summed E-state index contributed by atoms with van der Waals surface area (Å²) >= 11 is 0. The van der Waals surface area contributed by atoms with Gasteiger partial charge in [0.05, 0.1) is 5.92 Å². The second-order valence-corrected chi connectivity index (χ2v) is 11.0. The van der Waals surface area contributed by atoms with E-state index in [2.05, 4.69) is 41.0 Å². The first-order valence-electron chi connectivity index (χ1n) is 11.7. The molecule has 4 heteroatoms. The molecule has 2 amide bonds. The molecule has 4 aliphatic carbocycles. The molecular formula is C25H30N2O2. The van der Waals surface area contributed by atoms with E-state index in [1.165, 1.54) is 31.2 Å². The molecule has 9 atom stereocenters. The van der Waals surface area contributed by atoms with Crippen LogP contribution in [0.1, 0.15) is 49.1 Å². The second kappa shape index (κ2) is 5.65. The van der Waals surface area contributed by atoms with E-state index in [9.17, 15) is 9.59 Å². The number of likely N-dealkylation sites (tertiary alicyclic amines) is 2. The molecule has 6 fully saturated rings. The van der Waals surface area contributed by atoms with Crippen LogP contribution in [0.15, 0.2) is 24.3 Å². The Kier molecular flexibility index (Phi) is 3.29. The zero-order chi connectivity index (χ0) is 19.4. The Morgan fingerprint density at radius 2 is 1.45 bits per heavy atom. The number of carbonyl (C=O) groups is 2. The van der Waals surface area contributed by atoms with Crippen molar-refractivity contribution in [2.45, 2.75) is 57.0 Å². The minimum Gasteiger partial charge on any atom is -0.339 e. The van der Waals surface area contributed by atoms with Crippen molar-refractivity contribution in [3.05, 3.63) is 35.4 Å². The third-order valence-corrected chi connectivity index (χ3v) is 9.49. The molecule has 0 N–H and O–H groups in total. The van der Waals surface area contributed by atoms with E-state index in [4.69, 9.17) is 0 Å². The summed E-state index contributed by atoms with van der Waals surface area (Å²) in [6.45, 7) is 3.95. The van der Waals surface area contributed by atoms with E-state index in [1.54, 1.807) is 0 Å². The Balaban J connectivity index is 1.15. The highest BCUT2D eigenvalue weighted by molar-refractivity contribution is 5.90. The molecule has 4 bridgehead atoms. The molecule has 1 aromatic rings. The van der Waals surface area contributed by atoms with Gasteiger partial charge in [0.2, 0.25) is 11.8 Å². The van der Waals surface area contributed by atoms with Gasteiger partial charge in [0.1, 0.15) is 0 Å². The Morgan fingerprint density at radius 3 is 2.03 bits per heavy atom. The molecule has 6 aliphatic rings. The number of nitrogens with zero attached hydrogens (tertiary/aromatic N) is 2. The lowest BCUT2D eigenvalue weighted by molar-refractivity contribution is -0.140.